The van der Waals surface area contributed by atoms with Crippen molar-refractivity contribution in [3.05, 3.63) is 95.6 Å². The third kappa shape index (κ3) is 9.44. The van der Waals surface area contributed by atoms with Crippen LogP contribution >= 0.6 is 0 Å². The molecule has 1 atom stereocenters. The van der Waals surface area contributed by atoms with Crippen LogP contribution in [0.4, 0.5) is 24.5 Å². The van der Waals surface area contributed by atoms with Gasteiger partial charge in [0.1, 0.15) is 12.6 Å². The minimum Gasteiger partial charge on any atom is -0.480 e. The number of benzene rings is 3. The first-order valence-electron chi connectivity index (χ1n) is 11.6. The number of carboxylic acids is 2. The first-order chi connectivity index (χ1) is 18.8. The molecule has 0 saturated heterocycles. The van der Waals surface area contributed by atoms with Crippen molar-refractivity contribution in [3.63, 3.8) is 0 Å². The normalized spacial score (nSPS) is 13.2. The number of aliphatic carboxylic acids is 2. The quantitative estimate of drug-likeness (QED) is 0.306. The first-order valence-corrected chi connectivity index (χ1v) is 11.6. The maximum absolute atomic E-state index is 12.5. The summed E-state index contributed by atoms with van der Waals surface area (Å²) in [7, 11) is 0. The van der Waals surface area contributed by atoms with Gasteiger partial charge in [0.2, 0.25) is 5.91 Å². The summed E-state index contributed by atoms with van der Waals surface area (Å²) >= 11 is 0. The molecule has 1 unspecified atom stereocenters. The summed E-state index contributed by atoms with van der Waals surface area (Å²) in [4.78, 5) is 44.5. The number of nitrogens with zero attached hydrogens (tertiary/aromatic N) is 1. The molecule has 4 rings (SSSR count). The highest BCUT2D eigenvalue weighted by molar-refractivity contribution is 6.08. The van der Waals surface area contributed by atoms with E-state index in [0.29, 0.717) is 24.2 Å². The molecular formula is C27H27F3N4O6. The topological polar surface area (TPSA) is 176 Å². The minimum absolute atomic E-state index is 0.220. The second-order valence-electron chi connectivity index (χ2n) is 8.29. The molecule has 7 N–H and O–H groups in total. The number of fused-ring (bicyclic) bond motifs is 1. The summed E-state index contributed by atoms with van der Waals surface area (Å²) in [6, 6.07) is 23.2. The number of para-hydroxylation sites is 1. The monoisotopic (exact) mass is 560 g/mol. The Morgan fingerprint density at radius 2 is 1.52 bits per heavy atom. The Hall–Kier alpha value is -4.91. The number of anilines is 2. The van der Waals surface area contributed by atoms with Crippen LogP contribution in [-0.2, 0) is 27.3 Å². The highest BCUT2D eigenvalue weighted by Crippen LogP contribution is 2.24. The fraction of sp³-hybridized carbons (Fsp3) is 0.185. The van der Waals surface area contributed by atoms with E-state index in [2.05, 4.69) is 5.32 Å². The van der Waals surface area contributed by atoms with Crippen LogP contribution in [0.1, 0.15) is 21.5 Å². The molecule has 0 bridgehead atoms. The maximum atomic E-state index is 12.5. The maximum Gasteiger partial charge on any atom is 0.490 e. The Balaban J connectivity index is 0.000000247. The van der Waals surface area contributed by atoms with Crippen LogP contribution in [0, 0.1) is 0 Å². The number of hydrogen-bond acceptors (Lipinski definition) is 6. The van der Waals surface area contributed by atoms with Crippen LogP contribution in [0.25, 0.3) is 0 Å². The molecule has 10 nitrogen and oxygen atoms in total. The summed E-state index contributed by atoms with van der Waals surface area (Å²) in [5.74, 6) is -4.47. The fourth-order valence-corrected chi connectivity index (χ4v) is 3.47. The Morgan fingerprint density at radius 1 is 0.925 bits per heavy atom. The molecule has 0 spiro atoms. The predicted molar refractivity (Wildman–Crippen MR) is 141 cm³/mol. The van der Waals surface area contributed by atoms with Gasteiger partial charge in [-0.05, 0) is 41.5 Å². The number of carbonyl (C=O) groups excluding carboxylic acids is 2. The van der Waals surface area contributed by atoms with Gasteiger partial charge in [-0.3, -0.25) is 19.3 Å². The number of halogens is 3. The number of carboxylic acid groups (broad SMARTS) is 2. The standard InChI is InChI=1S/C16H16N2O3.C9H10N2O.C2HF3O2/c17-10-12-5-4-8-14(9-12)18(11-15(19)20)16(21)13-6-2-1-3-7-13;10-9(12)8-5-6-3-1-2-4-7(6)11-8;3-2(4,5)1(6)7/h1-9H,10-11,17H2,(H,19,20);1-4,8,11H,5H2,(H2,10,12);(H,6,7). The van der Waals surface area contributed by atoms with Crippen molar-refractivity contribution in [2.75, 3.05) is 16.8 Å². The van der Waals surface area contributed by atoms with Crippen molar-refractivity contribution < 1.29 is 42.6 Å². The fourth-order valence-electron chi connectivity index (χ4n) is 3.47. The lowest BCUT2D eigenvalue weighted by atomic mass is 10.1. The second-order valence-corrected chi connectivity index (χ2v) is 8.29. The van der Waals surface area contributed by atoms with Crippen LogP contribution in [0.5, 0.6) is 0 Å². The van der Waals surface area contributed by atoms with Crippen molar-refractivity contribution >= 4 is 35.1 Å². The van der Waals surface area contributed by atoms with Crippen LogP contribution in [0.2, 0.25) is 0 Å². The number of amides is 2. The SMILES string of the molecule is NC(=O)C1Cc2ccccc2N1.NCc1cccc(N(CC(=O)O)C(=O)c2ccccc2)c1.O=C(O)C(F)(F)F. The molecule has 0 aliphatic carbocycles. The van der Waals surface area contributed by atoms with Gasteiger partial charge < -0.3 is 27.0 Å². The van der Waals surface area contributed by atoms with Gasteiger partial charge in [0, 0.05) is 29.9 Å². The predicted octanol–water partition coefficient (Wildman–Crippen LogP) is 3.02. The van der Waals surface area contributed by atoms with Gasteiger partial charge in [-0.15, -0.1) is 0 Å². The molecule has 3 aromatic carbocycles. The Morgan fingerprint density at radius 3 is 2.05 bits per heavy atom. The Labute approximate surface area is 227 Å². The Bertz CT molecular complexity index is 1310. The van der Waals surface area contributed by atoms with Gasteiger partial charge in [0.15, 0.2) is 0 Å². The minimum atomic E-state index is -5.08. The molecule has 0 aromatic heterocycles. The highest BCUT2D eigenvalue weighted by Gasteiger charge is 2.38. The zero-order valence-electron chi connectivity index (χ0n) is 21.0. The molecule has 212 valence electrons. The lowest BCUT2D eigenvalue weighted by Crippen LogP contribution is -2.35. The molecule has 0 radical (unpaired) electrons. The number of hydrogen-bond donors (Lipinski definition) is 5. The third-order valence-electron chi connectivity index (χ3n) is 5.37. The number of rotatable bonds is 6. The number of alkyl halides is 3. The van der Waals surface area contributed by atoms with Crippen molar-refractivity contribution in [1.82, 2.24) is 0 Å². The van der Waals surface area contributed by atoms with Crippen molar-refractivity contribution in [2.24, 2.45) is 11.5 Å². The molecule has 2 amide bonds. The molecule has 1 heterocycles. The largest absolute Gasteiger partial charge is 0.490 e. The number of nitrogens with one attached hydrogen (secondary N) is 1. The summed E-state index contributed by atoms with van der Waals surface area (Å²) in [6.07, 6.45) is -4.37. The van der Waals surface area contributed by atoms with Gasteiger partial charge in [0.25, 0.3) is 5.91 Å². The average molecular weight is 561 g/mol. The molecular weight excluding hydrogens is 533 g/mol. The Kier molecular flexibility index (Phi) is 11.2. The lowest BCUT2D eigenvalue weighted by Gasteiger charge is -2.21. The van der Waals surface area contributed by atoms with E-state index in [1.165, 1.54) is 10.5 Å². The van der Waals surface area contributed by atoms with E-state index in [1.807, 2.05) is 30.3 Å². The summed E-state index contributed by atoms with van der Waals surface area (Å²) in [5.41, 5.74) is 14.8. The summed E-state index contributed by atoms with van der Waals surface area (Å²) in [6.45, 7) is -0.0734. The van der Waals surface area contributed by atoms with E-state index in [-0.39, 0.29) is 17.9 Å². The van der Waals surface area contributed by atoms with Crippen LogP contribution in [-0.4, -0.2) is 52.7 Å². The van der Waals surface area contributed by atoms with Crippen LogP contribution < -0.4 is 21.7 Å². The van der Waals surface area contributed by atoms with E-state index in [4.69, 9.17) is 26.5 Å². The van der Waals surface area contributed by atoms with Gasteiger partial charge in [-0.2, -0.15) is 13.2 Å². The second kappa shape index (κ2) is 14.3. The molecule has 0 fully saturated rings. The first kappa shape index (κ1) is 31.3. The molecule has 40 heavy (non-hydrogen) atoms. The summed E-state index contributed by atoms with van der Waals surface area (Å²) < 4.78 is 31.7. The van der Waals surface area contributed by atoms with Crippen molar-refractivity contribution in [1.29, 1.82) is 0 Å². The summed E-state index contributed by atoms with van der Waals surface area (Å²) in [5, 5.41) is 19.2. The number of primary amides is 1. The third-order valence-corrected chi connectivity index (χ3v) is 5.37. The van der Waals surface area contributed by atoms with E-state index < -0.39 is 24.7 Å². The number of nitrogens with two attached hydrogens (primary N) is 2. The number of carbonyl (C=O) groups is 4. The molecule has 0 saturated carbocycles. The van der Waals surface area contributed by atoms with E-state index in [1.54, 1.807) is 48.5 Å². The van der Waals surface area contributed by atoms with E-state index in [0.717, 1.165) is 11.3 Å². The van der Waals surface area contributed by atoms with Gasteiger partial charge in [-0.25, -0.2) is 4.79 Å². The lowest BCUT2D eigenvalue weighted by molar-refractivity contribution is -0.192. The zero-order chi connectivity index (χ0) is 29.9. The molecule has 1 aliphatic rings. The van der Waals surface area contributed by atoms with Crippen LogP contribution in [0.15, 0.2) is 78.9 Å². The highest BCUT2D eigenvalue weighted by atomic mass is 19.4. The van der Waals surface area contributed by atoms with Crippen molar-refractivity contribution in [3.8, 4) is 0 Å². The zero-order valence-corrected chi connectivity index (χ0v) is 21.0. The molecule has 13 heteroatoms. The molecule has 1 aliphatic heterocycles. The van der Waals surface area contributed by atoms with E-state index >= 15 is 0 Å². The average Bonchev–Trinajstić information content (AvgIpc) is 3.37. The van der Waals surface area contributed by atoms with Crippen molar-refractivity contribution in [2.45, 2.75) is 25.2 Å². The van der Waals surface area contributed by atoms with Crippen LogP contribution in [0.3, 0.4) is 0 Å². The van der Waals surface area contributed by atoms with Gasteiger partial charge in [0.05, 0.1) is 0 Å². The molecule has 3 aromatic rings. The van der Waals surface area contributed by atoms with Gasteiger partial charge in [-0.1, -0.05) is 48.5 Å². The smallest absolute Gasteiger partial charge is 0.480 e. The van der Waals surface area contributed by atoms with E-state index in [9.17, 15) is 27.6 Å². The van der Waals surface area contributed by atoms with Gasteiger partial charge >= 0.3 is 18.1 Å².